The Labute approximate surface area is 140 Å². The average molecular weight is 362 g/mol. The van der Waals surface area contributed by atoms with Crippen molar-refractivity contribution in [1.82, 2.24) is 10.3 Å². The van der Waals surface area contributed by atoms with E-state index in [1.807, 2.05) is 12.3 Å². The molecule has 0 spiro atoms. The molecule has 0 amide bonds. The van der Waals surface area contributed by atoms with Crippen molar-refractivity contribution < 1.29 is 27.8 Å². The molecule has 1 aliphatic heterocycles. The van der Waals surface area contributed by atoms with Crippen LogP contribution in [0, 0.1) is 6.92 Å². The predicted octanol–water partition coefficient (Wildman–Crippen LogP) is 3.37. The first kappa shape index (κ1) is 18.5. The Morgan fingerprint density at radius 1 is 1.42 bits per heavy atom. The van der Waals surface area contributed by atoms with Gasteiger partial charge in [-0.05, 0) is 45.0 Å². The molecule has 2 aromatic rings. The van der Waals surface area contributed by atoms with Gasteiger partial charge in [-0.3, -0.25) is 4.98 Å². The van der Waals surface area contributed by atoms with Gasteiger partial charge in [0.15, 0.2) is 0 Å². The van der Waals surface area contributed by atoms with Crippen LogP contribution >= 0.6 is 11.3 Å². The van der Waals surface area contributed by atoms with Crippen molar-refractivity contribution in [1.29, 1.82) is 0 Å². The maximum absolute atomic E-state index is 10.6. The number of nitrogens with one attached hydrogen (secondary N) is 1. The number of aryl methyl sites for hydroxylation is 1. The van der Waals surface area contributed by atoms with Crippen molar-refractivity contribution in [2.75, 3.05) is 13.1 Å². The van der Waals surface area contributed by atoms with Crippen molar-refractivity contribution in [3.8, 4) is 5.75 Å². The van der Waals surface area contributed by atoms with E-state index < -0.39 is 12.1 Å². The van der Waals surface area contributed by atoms with E-state index in [1.54, 1.807) is 11.3 Å². The Morgan fingerprint density at radius 3 is 2.62 bits per heavy atom. The highest BCUT2D eigenvalue weighted by atomic mass is 32.1. The van der Waals surface area contributed by atoms with Crippen molar-refractivity contribution in [3.05, 3.63) is 23.2 Å². The zero-order valence-corrected chi connectivity index (χ0v) is 13.7. The summed E-state index contributed by atoms with van der Waals surface area (Å²) in [4.78, 5) is 14.6. The van der Waals surface area contributed by atoms with Gasteiger partial charge in [0.05, 0.1) is 10.2 Å². The third-order valence-electron chi connectivity index (χ3n) is 3.32. The van der Waals surface area contributed by atoms with Gasteiger partial charge in [-0.15, -0.1) is 11.3 Å². The molecule has 24 heavy (non-hydrogen) atoms. The molecule has 0 radical (unpaired) electrons. The minimum atomic E-state index is -5.08. The Balaban J connectivity index is 0.000000256. The minimum absolute atomic E-state index is 0.351. The molecule has 0 saturated carbocycles. The number of aliphatic carboxylic acids is 1. The highest BCUT2D eigenvalue weighted by Crippen LogP contribution is 2.32. The molecule has 1 saturated heterocycles. The van der Waals surface area contributed by atoms with E-state index in [2.05, 4.69) is 23.3 Å². The van der Waals surface area contributed by atoms with Crippen molar-refractivity contribution in [2.45, 2.75) is 32.0 Å². The molecule has 1 fully saturated rings. The molecule has 2 N–H and O–H groups in total. The van der Waals surface area contributed by atoms with E-state index in [-0.39, 0.29) is 0 Å². The lowest BCUT2D eigenvalue weighted by Crippen LogP contribution is -2.34. The van der Waals surface area contributed by atoms with Gasteiger partial charge >= 0.3 is 12.1 Å². The number of ether oxygens (including phenoxy) is 1. The first-order valence-corrected chi connectivity index (χ1v) is 8.11. The van der Waals surface area contributed by atoms with Crippen LogP contribution in [0.1, 0.15) is 17.7 Å². The van der Waals surface area contributed by atoms with Gasteiger partial charge in [0.2, 0.25) is 0 Å². The van der Waals surface area contributed by atoms with Gasteiger partial charge in [-0.1, -0.05) is 0 Å². The van der Waals surface area contributed by atoms with Gasteiger partial charge in [-0.2, -0.15) is 13.2 Å². The van der Waals surface area contributed by atoms with E-state index in [0.29, 0.717) is 6.10 Å². The number of nitrogens with zero attached hydrogens (tertiary/aromatic N) is 1. The number of fused-ring (bicyclic) bond motifs is 1. The summed E-state index contributed by atoms with van der Waals surface area (Å²) < 4.78 is 39.0. The lowest BCUT2D eigenvalue weighted by atomic mass is 10.1. The number of halogens is 3. The Hall–Kier alpha value is -1.87. The normalized spacial score (nSPS) is 15.7. The molecule has 0 unspecified atom stereocenters. The number of hydrogen-bond acceptors (Lipinski definition) is 5. The number of rotatable bonds is 2. The smallest absolute Gasteiger partial charge is 0.489 e. The zero-order chi connectivity index (χ0) is 17.7. The molecule has 0 aromatic carbocycles. The molecule has 132 valence electrons. The SMILES string of the molecule is Cc1cc2nccc(OC3CCNCC3)c2s1.O=C(O)C(F)(F)F. The van der Waals surface area contributed by atoms with Crippen LogP contribution in [-0.4, -0.2) is 41.4 Å². The fraction of sp³-hybridized carbons (Fsp3) is 0.467. The molecule has 0 bridgehead atoms. The molecule has 2 aromatic heterocycles. The molecule has 9 heteroatoms. The topological polar surface area (TPSA) is 71.5 Å². The highest BCUT2D eigenvalue weighted by Gasteiger charge is 2.38. The number of thiophene rings is 1. The van der Waals surface area contributed by atoms with Crippen molar-refractivity contribution in [3.63, 3.8) is 0 Å². The molecular weight excluding hydrogens is 345 g/mol. The fourth-order valence-corrected chi connectivity index (χ4v) is 3.15. The quantitative estimate of drug-likeness (QED) is 0.857. The number of carboxylic acids is 1. The third-order valence-corrected chi connectivity index (χ3v) is 4.38. The van der Waals surface area contributed by atoms with E-state index in [1.165, 1.54) is 9.58 Å². The Kier molecular flexibility index (Phi) is 6.00. The van der Waals surface area contributed by atoms with Crippen LogP contribution in [0.15, 0.2) is 18.3 Å². The Bertz CT molecular complexity index is 697. The number of hydrogen-bond donors (Lipinski definition) is 2. The van der Waals surface area contributed by atoms with Gasteiger partial charge in [0.25, 0.3) is 0 Å². The van der Waals surface area contributed by atoms with Crippen molar-refractivity contribution >= 4 is 27.5 Å². The zero-order valence-electron chi connectivity index (χ0n) is 12.9. The summed E-state index contributed by atoms with van der Waals surface area (Å²) in [5, 5.41) is 10.5. The Morgan fingerprint density at radius 2 is 2.04 bits per heavy atom. The lowest BCUT2D eigenvalue weighted by Gasteiger charge is -2.23. The van der Waals surface area contributed by atoms with Gasteiger partial charge in [0.1, 0.15) is 11.9 Å². The van der Waals surface area contributed by atoms with Crippen LogP contribution in [0.4, 0.5) is 13.2 Å². The fourth-order valence-electron chi connectivity index (χ4n) is 2.22. The monoisotopic (exact) mass is 362 g/mol. The van der Waals surface area contributed by atoms with Crippen LogP contribution in [0.25, 0.3) is 10.2 Å². The molecule has 1 aliphatic rings. The molecule has 5 nitrogen and oxygen atoms in total. The summed E-state index contributed by atoms with van der Waals surface area (Å²) in [5.74, 6) is -1.76. The van der Waals surface area contributed by atoms with E-state index in [9.17, 15) is 13.2 Å². The second-order valence-corrected chi connectivity index (χ2v) is 6.51. The van der Waals surface area contributed by atoms with Gasteiger partial charge in [-0.25, -0.2) is 4.79 Å². The second kappa shape index (κ2) is 7.80. The van der Waals surface area contributed by atoms with Crippen molar-refractivity contribution in [2.24, 2.45) is 0 Å². The first-order valence-electron chi connectivity index (χ1n) is 7.30. The summed E-state index contributed by atoms with van der Waals surface area (Å²) >= 11 is 1.76. The number of carbonyl (C=O) groups is 1. The maximum atomic E-state index is 10.6. The molecule has 3 heterocycles. The van der Waals surface area contributed by atoms with Crippen LogP contribution in [0.3, 0.4) is 0 Å². The largest absolute Gasteiger partial charge is 0.490 e. The first-order chi connectivity index (χ1) is 11.3. The summed E-state index contributed by atoms with van der Waals surface area (Å²) in [6, 6.07) is 4.11. The van der Waals surface area contributed by atoms with Crippen LogP contribution < -0.4 is 10.1 Å². The number of carboxylic acid groups (broad SMARTS) is 1. The summed E-state index contributed by atoms with van der Waals surface area (Å²) in [6.07, 6.45) is -0.711. The number of pyridine rings is 1. The lowest BCUT2D eigenvalue weighted by molar-refractivity contribution is -0.192. The van der Waals surface area contributed by atoms with E-state index in [4.69, 9.17) is 14.6 Å². The van der Waals surface area contributed by atoms with Gasteiger partial charge in [0, 0.05) is 11.1 Å². The summed E-state index contributed by atoms with van der Waals surface area (Å²) in [5.41, 5.74) is 1.05. The summed E-state index contributed by atoms with van der Waals surface area (Å²) in [7, 11) is 0. The molecule has 3 rings (SSSR count). The van der Waals surface area contributed by atoms with Crippen LogP contribution in [0.5, 0.6) is 5.75 Å². The summed E-state index contributed by atoms with van der Waals surface area (Å²) in [6.45, 7) is 4.23. The average Bonchev–Trinajstić information content (AvgIpc) is 2.89. The van der Waals surface area contributed by atoms with Gasteiger partial charge < -0.3 is 15.2 Å². The standard InChI is InChI=1S/C13H16N2OS.C2HF3O2/c1-9-8-11-13(17-9)12(4-7-15-11)16-10-2-5-14-6-3-10;3-2(4,5)1(6)7/h4,7-8,10,14H,2-3,5-6H2,1H3;(H,6,7). The van der Waals surface area contributed by atoms with E-state index in [0.717, 1.165) is 37.2 Å². The maximum Gasteiger partial charge on any atom is 0.490 e. The van der Waals surface area contributed by atoms with Crippen LogP contribution in [-0.2, 0) is 4.79 Å². The number of aromatic nitrogens is 1. The van der Waals surface area contributed by atoms with E-state index >= 15 is 0 Å². The predicted molar refractivity (Wildman–Crippen MR) is 84.6 cm³/mol. The molecule has 0 atom stereocenters. The molecular formula is C15H17F3N2O3S. The minimum Gasteiger partial charge on any atom is -0.489 e. The van der Waals surface area contributed by atoms with Crippen LogP contribution in [0.2, 0.25) is 0 Å². The third kappa shape index (κ3) is 5.07. The highest BCUT2D eigenvalue weighted by molar-refractivity contribution is 7.19. The molecule has 0 aliphatic carbocycles. The number of alkyl halides is 3. The second-order valence-electron chi connectivity index (χ2n) is 5.25. The number of piperidine rings is 1.